The summed E-state index contributed by atoms with van der Waals surface area (Å²) in [6.45, 7) is 3.19. The maximum atomic E-state index is 11.6. The fourth-order valence-electron chi connectivity index (χ4n) is 2.42. The van der Waals surface area contributed by atoms with E-state index in [2.05, 4.69) is 0 Å². The van der Waals surface area contributed by atoms with Crippen LogP contribution in [0.1, 0.15) is 19.4 Å². The lowest BCUT2D eigenvalue weighted by atomic mass is 9.94. The summed E-state index contributed by atoms with van der Waals surface area (Å²) >= 11 is 0. The second-order valence-corrected chi connectivity index (χ2v) is 5.84. The Morgan fingerprint density at radius 3 is 2.12 bits per heavy atom. The third kappa shape index (κ3) is 4.58. The van der Waals surface area contributed by atoms with Crippen LogP contribution < -0.4 is 4.74 Å². The van der Waals surface area contributed by atoms with Crippen molar-refractivity contribution in [3.05, 3.63) is 60.2 Å². The molecule has 0 saturated heterocycles. The molecule has 0 bridgehead atoms. The summed E-state index contributed by atoms with van der Waals surface area (Å²) in [5.74, 6) is -1.97. The monoisotopic (exact) mass is 344 g/mol. The number of hydrogen-bond donors (Lipinski definition) is 2. The minimum absolute atomic E-state index is 0.318. The van der Waals surface area contributed by atoms with Gasteiger partial charge in [0.2, 0.25) is 0 Å². The molecule has 0 saturated carbocycles. The number of rotatable bonds is 8. The number of benzene rings is 2. The highest BCUT2D eigenvalue weighted by atomic mass is 16.6. The van der Waals surface area contributed by atoms with Gasteiger partial charge in [-0.05, 0) is 43.7 Å². The normalized spacial score (nSPS) is 11.3. The van der Waals surface area contributed by atoms with Crippen LogP contribution in [0.25, 0.3) is 0 Å². The summed E-state index contributed by atoms with van der Waals surface area (Å²) in [4.78, 5) is 23.3. The van der Waals surface area contributed by atoms with Gasteiger partial charge >= 0.3 is 11.9 Å². The number of para-hydroxylation sites is 1. The number of aliphatic carboxylic acids is 2. The molecule has 2 rings (SSSR count). The van der Waals surface area contributed by atoms with E-state index in [-0.39, 0.29) is 6.42 Å². The fraction of sp³-hybridized carbons (Fsp3) is 0.263. The van der Waals surface area contributed by atoms with Crippen LogP contribution in [0.2, 0.25) is 0 Å². The van der Waals surface area contributed by atoms with Gasteiger partial charge in [-0.25, -0.2) is 9.59 Å². The van der Waals surface area contributed by atoms with Crippen molar-refractivity contribution in [3.8, 4) is 11.5 Å². The molecule has 0 amide bonds. The molecule has 6 nitrogen and oxygen atoms in total. The minimum Gasteiger partial charge on any atom is -0.479 e. The Morgan fingerprint density at radius 2 is 1.56 bits per heavy atom. The van der Waals surface area contributed by atoms with Crippen LogP contribution in [-0.2, 0) is 20.7 Å². The highest BCUT2D eigenvalue weighted by Crippen LogP contribution is 2.26. The van der Waals surface area contributed by atoms with Crippen molar-refractivity contribution in [2.24, 2.45) is 0 Å². The van der Waals surface area contributed by atoms with E-state index < -0.39 is 23.6 Å². The number of hydrogen-bond acceptors (Lipinski definition) is 4. The Labute approximate surface area is 145 Å². The zero-order chi connectivity index (χ0) is 18.4. The van der Waals surface area contributed by atoms with Crippen LogP contribution >= 0.6 is 0 Å². The smallest absolute Gasteiger partial charge is 0.348 e. The van der Waals surface area contributed by atoms with Gasteiger partial charge in [-0.1, -0.05) is 30.3 Å². The fourth-order valence-corrected chi connectivity index (χ4v) is 2.42. The number of ether oxygens (including phenoxy) is 2. The van der Waals surface area contributed by atoms with E-state index in [1.54, 1.807) is 50.2 Å². The van der Waals surface area contributed by atoms with Crippen LogP contribution in [0.15, 0.2) is 54.6 Å². The van der Waals surface area contributed by atoms with Crippen LogP contribution in [-0.4, -0.2) is 33.9 Å². The second kappa shape index (κ2) is 7.81. The quantitative estimate of drug-likeness (QED) is 0.713. The molecule has 6 heteroatoms. The van der Waals surface area contributed by atoms with Crippen LogP contribution in [0, 0.1) is 0 Å². The standard InChI is InChI=1S/C19H20O6/c1-13(2)25-19(17(20)21,18(22)23)12-14-7-6-10-16(11-14)24-15-8-4-3-5-9-15/h3-11,13H,12H2,1-2H3,(H,20,21)(H,22,23). The SMILES string of the molecule is CC(C)OC(Cc1cccc(Oc2ccccc2)c1)(C(=O)O)C(=O)O. The van der Waals surface area contributed by atoms with E-state index in [9.17, 15) is 19.8 Å². The molecule has 0 fully saturated rings. The Morgan fingerprint density at radius 1 is 0.960 bits per heavy atom. The Bertz CT molecular complexity index is 725. The van der Waals surface area contributed by atoms with Gasteiger partial charge in [-0.3, -0.25) is 0 Å². The number of carboxylic acids is 2. The lowest BCUT2D eigenvalue weighted by Gasteiger charge is -2.27. The van der Waals surface area contributed by atoms with E-state index in [0.29, 0.717) is 17.1 Å². The highest BCUT2D eigenvalue weighted by molar-refractivity contribution is 6.02. The summed E-state index contributed by atoms with van der Waals surface area (Å²) < 4.78 is 11.0. The molecule has 2 aromatic rings. The van der Waals surface area contributed by atoms with Crippen molar-refractivity contribution in [3.63, 3.8) is 0 Å². The van der Waals surface area contributed by atoms with Gasteiger partial charge in [0.05, 0.1) is 6.10 Å². The minimum atomic E-state index is -2.35. The predicted molar refractivity (Wildman–Crippen MR) is 90.9 cm³/mol. The maximum Gasteiger partial charge on any atom is 0.348 e. The van der Waals surface area contributed by atoms with E-state index in [4.69, 9.17) is 9.47 Å². The molecule has 0 aliphatic heterocycles. The second-order valence-electron chi connectivity index (χ2n) is 5.84. The van der Waals surface area contributed by atoms with Crippen molar-refractivity contribution >= 4 is 11.9 Å². The largest absolute Gasteiger partial charge is 0.479 e. The lowest BCUT2D eigenvalue weighted by Crippen LogP contribution is -2.52. The molecule has 0 atom stereocenters. The summed E-state index contributed by atoms with van der Waals surface area (Å²) in [5, 5.41) is 18.9. The first kappa shape index (κ1) is 18.5. The molecule has 0 aromatic heterocycles. The number of carboxylic acid groups (broad SMARTS) is 2. The Hall–Kier alpha value is -2.86. The lowest BCUT2D eigenvalue weighted by molar-refractivity contribution is -0.188. The first-order chi connectivity index (χ1) is 11.8. The van der Waals surface area contributed by atoms with Crippen molar-refractivity contribution in [1.29, 1.82) is 0 Å². The molecule has 0 unspecified atom stereocenters. The molecule has 0 spiro atoms. The predicted octanol–water partition coefficient (Wildman–Crippen LogP) is 3.35. The molecular formula is C19H20O6. The van der Waals surface area contributed by atoms with E-state index in [1.807, 2.05) is 18.2 Å². The first-order valence-electron chi connectivity index (χ1n) is 7.80. The van der Waals surface area contributed by atoms with Gasteiger partial charge in [-0.15, -0.1) is 0 Å². The van der Waals surface area contributed by atoms with Crippen LogP contribution in [0.5, 0.6) is 11.5 Å². The topological polar surface area (TPSA) is 93.1 Å². The first-order valence-corrected chi connectivity index (χ1v) is 7.80. The van der Waals surface area contributed by atoms with Crippen molar-refractivity contribution in [1.82, 2.24) is 0 Å². The Kier molecular flexibility index (Phi) is 5.77. The van der Waals surface area contributed by atoms with E-state index in [0.717, 1.165) is 0 Å². The molecule has 132 valence electrons. The highest BCUT2D eigenvalue weighted by Gasteiger charge is 2.49. The summed E-state index contributed by atoms with van der Waals surface area (Å²) in [6.07, 6.45) is -0.877. The van der Waals surface area contributed by atoms with Crippen molar-refractivity contribution < 1.29 is 29.3 Å². The average molecular weight is 344 g/mol. The van der Waals surface area contributed by atoms with E-state index in [1.165, 1.54) is 0 Å². The molecular weight excluding hydrogens is 324 g/mol. The molecule has 25 heavy (non-hydrogen) atoms. The maximum absolute atomic E-state index is 11.6. The van der Waals surface area contributed by atoms with Gasteiger partial charge < -0.3 is 19.7 Å². The van der Waals surface area contributed by atoms with E-state index >= 15 is 0 Å². The van der Waals surface area contributed by atoms with Gasteiger partial charge in [0.1, 0.15) is 11.5 Å². The molecule has 0 aliphatic rings. The third-order valence-corrected chi connectivity index (χ3v) is 3.46. The van der Waals surface area contributed by atoms with Gasteiger partial charge in [0, 0.05) is 6.42 Å². The third-order valence-electron chi connectivity index (χ3n) is 3.46. The zero-order valence-electron chi connectivity index (χ0n) is 14.0. The molecule has 0 aliphatic carbocycles. The van der Waals surface area contributed by atoms with Crippen molar-refractivity contribution in [2.45, 2.75) is 32.0 Å². The summed E-state index contributed by atoms with van der Waals surface area (Å²) in [6, 6.07) is 15.7. The molecule has 2 N–H and O–H groups in total. The van der Waals surface area contributed by atoms with Gasteiger partial charge in [0.25, 0.3) is 5.60 Å². The molecule has 2 aromatic carbocycles. The number of carbonyl (C=O) groups is 2. The molecule has 0 heterocycles. The van der Waals surface area contributed by atoms with Crippen LogP contribution in [0.4, 0.5) is 0 Å². The molecule has 0 radical (unpaired) electrons. The Balaban J connectivity index is 2.29. The average Bonchev–Trinajstić information content (AvgIpc) is 2.54. The van der Waals surface area contributed by atoms with Gasteiger partial charge in [0.15, 0.2) is 0 Å². The zero-order valence-corrected chi connectivity index (χ0v) is 14.0. The van der Waals surface area contributed by atoms with Crippen LogP contribution in [0.3, 0.4) is 0 Å². The van der Waals surface area contributed by atoms with Gasteiger partial charge in [-0.2, -0.15) is 0 Å². The summed E-state index contributed by atoms with van der Waals surface area (Å²) in [5.41, 5.74) is -1.86. The van der Waals surface area contributed by atoms with Crippen molar-refractivity contribution in [2.75, 3.05) is 0 Å². The summed E-state index contributed by atoms with van der Waals surface area (Å²) in [7, 11) is 0.